The third kappa shape index (κ3) is 2.61. The van der Waals surface area contributed by atoms with Crippen molar-refractivity contribution >= 4 is 11.4 Å². The van der Waals surface area contributed by atoms with E-state index in [-0.39, 0.29) is 0 Å². The van der Waals surface area contributed by atoms with Crippen LogP contribution < -0.4 is 16.6 Å². The van der Waals surface area contributed by atoms with Crippen LogP contribution in [-0.2, 0) is 4.74 Å². The molecule has 0 amide bonds. The molecule has 0 aromatic heterocycles. The molecule has 1 aromatic rings. The van der Waals surface area contributed by atoms with Crippen molar-refractivity contribution in [2.24, 2.45) is 5.84 Å². The first-order chi connectivity index (χ1) is 6.25. The lowest BCUT2D eigenvalue weighted by Crippen LogP contribution is -2.34. The second-order valence-electron chi connectivity index (χ2n) is 2.75. The molecule has 0 saturated carbocycles. The largest absolute Gasteiger partial charge is 0.397 e. The fourth-order valence-electron chi connectivity index (χ4n) is 1.06. The van der Waals surface area contributed by atoms with Crippen LogP contribution in [0.25, 0.3) is 0 Å². The number of ether oxygens (including phenoxy) is 1. The van der Waals surface area contributed by atoms with E-state index in [0.29, 0.717) is 18.8 Å². The van der Waals surface area contributed by atoms with Crippen molar-refractivity contribution in [1.82, 2.24) is 0 Å². The van der Waals surface area contributed by atoms with Gasteiger partial charge in [0.05, 0.1) is 24.5 Å². The topological polar surface area (TPSA) is 64.5 Å². The molecule has 0 aliphatic heterocycles. The Hall–Kier alpha value is -1.26. The summed E-state index contributed by atoms with van der Waals surface area (Å²) in [5, 5.41) is 1.58. The standard InChI is InChI=1S/C9H15N3O/c1-13-7-6-12(11)9-5-3-2-4-8(9)10/h2-5H,6-7,10-11H2,1H3. The molecule has 0 unspecified atom stereocenters. The van der Waals surface area contributed by atoms with Gasteiger partial charge in [0.15, 0.2) is 0 Å². The average molecular weight is 181 g/mol. The molecule has 0 spiro atoms. The van der Waals surface area contributed by atoms with Crippen molar-refractivity contribution in [3.05, 3.63) is 24.3 Å². The number of benzene rings is 1. The van der Waals surface area contributed by atoms with Gasteiger partial charge in [-0.3, -0.25) is 0 Å². The highest BCUT2D eigenvalue weighted by molar-refractivity contribution is 5.66. The average Bonchev–Trinajstić information content (AvgIpc) is 2.15. The highest BCUT2D eigenvalue weighted by atomic mass is 16.5. The van der Waals surface area contributed by atoms with Crippen molar-refractivity contribution in [2.45, 2.75) is 0 Å². The molecule has 0 fully saturated rings. The maximum absolute atomic E-state index is 5.76. The molecule has 0 saturated heterocycles. The van der Waals surface area contributed by atoms with Crippen molar-refractivity contribution in [3.63, 3.8) is 0 Å². The van der Waals surface area contributed by atoms with E-state index in [1.807, 2.05) is 24.3 Å². The van der Waals surface area contributed by atoms with Crippen molar-refractivity contribution < 1.29 is 4.74 Å². The number of hydrazine groups is 1. The second-order valence-corrected chi connectivity index (χ2v) is 2.75. The normalized spacial score (nSPS) is 10.0. The van der Waals surface area contributed by atoms with Gasteiger partial charge in [0.25, 0.3) is 0 Å². The van der Waals surface area contributed by atoms with Crippen LogP contribution in [0.15, 0.2) is 24.3 Å². The third-order valence-electron chi connectivity index (χ3n) is 1.78. The maximum Gasteiger partial charge on any atom is 0.0747 e. The highest BCUT2D eigenvalue weighted by Crippen LogP contribution is 2.19. The summed E-state index contributed by atoms with van der Waals surface area (Å²) in [6.45, 7) is 1.22. The van der Waals surface area contributed by atoms with E-state index in [4.69, 9.17) is 16.3 Å². The van der Waals surface area contributed by atoms with E-state index >= 15 is 0 Å². The van der Waals surface area contributed by atoms with E-state index < -0.39 is 0 Å². The van der Waals surface area contributed by atoms with Crippen LogP contribution >= 0.6 is 0 Å². The lowest BCUT2D eigenvalue weighted by atomic mass is 10.2. The molecule has 4 N–H and O–H groups in total. The number of nitrogen functional groups attached to an aromatic ring is 1. The van der Waals surface area contributed by atoms with Crippen LogP contribution in [-0.4, -0.2) is 20.3 Å². The number of hydrogen-bond acceptors (Lipinski definition) is 4. The van der Waals surface area contributed by atoms with E-state index in [2.05, 4.69) is 0 Å². The zero-order valence-corrected chi connectivity index (χ0v) is 7.73. The number of anilines is 2. The zero-order valence-electron chi connectivity index (χ0n) is 7.73. The Morgan fingerprint density at radius 3 is 2.69 bits per heavy atom. The van der Waals surface area contributed by atoms with Crippen LogP contribution in [0, 0.1) is 0 Å². The van der Waals surface area contributed by atoms with Gasteiger partial charge < -0.3 is 15.5 Å². The summed E-state index contributed by atoms with van der Waals surface area (Å²) in [4.78, 5) is 0. The van der Waals surface area contributed by atoms with E-state index in [1.54, 1.807) is 12.1 Å². The third-order valence-corrected chi connectivity index (χ3v) is 1.78. The van der Waals surface area contributed by atoms with Crippen LogP contribution in [0.1, 0.15) is 0 Å². The summed E-state index contributed by atoms with van der Waals surface area (Å²) in [5.41, 5.74) is 7.25. The summed E-state index contributed by atoms with van der Waals surface area (Å²) in [6, 6.07) is 7.48. The number of rotatable bonds is 4. The number of hydrogen-bond donors (Lipinski definition) is 2. The maximum atomic E-state index is 5.76. The Morgan fingerprint density at radius 2 is 2.08 bits per heavy atom. The molecule has 72 valence electrons. The lowest BCUT2D eigenvalue weighted by molar-refractivity contribution is 0.205. The van der Waals surface area contributed by atoms with Crippen LogP contribution in [0.4, 0.5) is 11.4 Å². The van der Waals surface area contributed by atoms with E-state index in [1.165, 1.54) is 0 Å². The second kappa shape index (κ2) is 4.69. The molecular formula is C9H15N3O. The Balaban J connectivity index is 2.65. The molecule has 0 heterocycles. The Morgan fingerprint density at radius 1 is 1.38 bits per heavy atom. The van der Waals surface area contributed by atoms with Crippen molar-refractivity contribution in [2.75, 3.05) is 31.0 Å². The van der Waals surface area contributed by atoms with E-state index in [9.17, 15) is 0 Å². The molecule has 0 atom stereocenters. The van der Waals surface area contributed by atoms with Crippen molar-refractivity contribution in [3.8, 4) is 0 Å². The SMILES string of the molecule is COCCN(N)c1ccccc1N. The molecule has 4 nitrogen and oxygen atoms in total. The quantitative estimate of drug-likeness (QED) is 0.405. The molecule has 1 aromatic carbocycles. The minimum absolute atomic E-state index is 0.588. The van der Waals surface area contributed by atoms with Crippen molar-refractivity contribution in [1.29, 1.82) is 0 Å². The number of nitrogens with zero attached hydrogens (tertiary/aromatic N) is 1. The summed E-state index contributed by atoms with van der Waals surface area (Å²) < 4.78 is 4.91. The number of para-hydroxylation sites is 2. The van der Waals surface area contributed by atoms with Gasteiger partial charge in [-0.2, -0.15) is 0 Å². The number of nitrogens with two attached hydrogens (primary N) is 2. The van der Waals surface area contributed by atoms with Gasteiger partial charge in [-0.1, -0.05) is 12.1 Å². The Labute approximate surface area is 78.0 Å². The molecule has 0 aliphatic rings. The summed E-state index contributed by atoms with van der Waals surface area (Å²) in [7, 11) is 1.64. The molecular weight excluding hydrogens is 166 g/mol. The lowest BCUT2D eigenvalue weighted by Gasteiger charge is -2.19. The summed E-state index contributed by atoms with van der Waals surface area (Å²) in [6.07, 6.45) is 0. The van der Waals surface area contributed by atoms with Gasteiger partial charge in [-0.15, -0.1) is 0 Å². The smallest absolute Gasteiger partial charge is 0.0747 e. The number of methoxy groups -OCH3 is 1. The molecule has 0 aliphatic carbocycles. The monoisotopic (exact) mass is 181 g/mol. The van der Waals surface area contributed by atoms with Gasteiger partial charge in [0, 0.05) is 7.11 Å². The Bertz CT molecular complexity index is 265. The minimum Gasteiger partial charge on any atom is -0.397 e. The molecule has 13 heavy (non-hydrogen) atoms. The van der Waals surface area contributed by atoms with Gasteiger partial charge in [-0.05, 0) is 12.1 Å². The first-order valence-electron chi connectivity index (χ1n) is 4.11. The van der Waals surface area contributed by atoms with E-state index in [0.717, 1.165) is 5.69 Å². The molecule has 1 rings (SSSR count). The summed E-state index contributed by atoms with van der Waals surface area (Å²) in [5.74, 6) is 5.76. The first-order valence-corrected chi connectivity index (χ1v) is 4.11. The predicted molar refractivity (Wildman–Crippen MR) is 54.3 cm³/mol. The molecule has 0 radical (unpaired) electrons. The highest BCUT2D eigenvalue weighted by Gasteiger charge is 2.03. The minimum atomic E-state index is 0.588. The van der Waals surface area contributed by atoms with Gasteiger partial charge in [0.2, 0.25) is 0 Å². The first kappa shape index (κ1) is 9.83. The van der Waals surface area contributed by atoms with Crippen LogP contribution in [0.3, 0.4) is 0 Å². The summed E-state index contributed by atoms with van der Waals surface area (Å²) >= 11 is 0. The van der Waals surface area contributed by atoms with Gasteiger partial charge >= 0.3 is 0 Å². The van der Waals surface area contributed by atoms with Gasteiger partial charge in [0.1, 0.15) is 0 Å². The zero-order chi connectivity index (χ0) is 9.68. The predicted octanol–water partition coefficient (Wildman–Crippen LogP) is 0.595. The molecule has 4 heteroatoms. The van der Waals surface area contributed by atoms with Gasteiger partial charge in [-0.25, -0.2) is 5.84 Å². The van der Waals surface area contributed by atoms with Crippen LogP contribution in [0.5, 0.6) is 0 Å². The van der Waals surface area contributed by atoms with Crippen LogP contribution in [0.2, 0.25) is 0 Å². The molecule has 0 bridgehead atoms. The Kier molecular flexibility index (Phi) is 3.54. The fraction of sp³-hybridized carbons (Fsp3) is 0.333. The fourth-order valence-corrected chi connectivity index (χ4v) is 1.06.